The summed E-state index contributed by atoms with van der Waals surface area (Å²) in [6.07, 6.45) is 7.94. The van der Waals surface area contributed by atoms with E-state index in [4.69, 9.17) is 27.2 Å². The van der Waals surface area contributed by atoms with Crippen LogP contribution in [-0.4, -0.2) is 17.5 Å². The lowest BCUT2D eigenvalue weighted by Gasteiger charge is -2.37. The van der Waals surface area contributed by atoms with Gasteiger partial charge in [-0.15, -0.1) is 6.42 Å². The van der Waals surface area contributed by atoms with Gasteiger partial charge in [0.1, 0.15) is 17.3 Å². The van der Waals surface area contributed by atoms with Crippen molar-refractivity contribution in [3.8, 4) is 18.1 Å². The number of anilines is 1. The molecule has 3 aromatic rings. The lowest BCUT2D eigenvalue weighted by Crippen LogP contribution is -2.41. The monoisotopic (exact) mass is 436 g/mol. The summed E-state index contributed by atoms with van der Waals surface area (Å²) >= 11 is 6.50. The lowest BCUT2D eigenvalue weighted by molar-refractivity contribution is -0.114. The van der Waals surface area contributed by atoms with Crippen LogP contribution in [0.5, 0.6) is 5.75 Å². The predicted octanol–water partition coefficient (Wildman–Crippen LogP) is 6.02. The molecule has 0 aliphatic heterocycles. The van der Waals surface area contributed by atoms with Crippen LogP contribution >= 0.6 is 11.6 Å². The van der Waals surface area contributed by atoms with E-state index in [1.165, 1.54) is 17.7 Å². The maximum Gasteiger partial charge on any atom is 0.303 e. The van der Waals surface area contributed by atoms with Gasteiger partial charge >= 0.3 is 5.91 Å². The summed E-state index contributed by atoms with van der Waals surface area (Å²) in [7, 11) is 0. The molecule has 1 unspecified atom stereocenters. The van der Waals surface area contributed by atoms with Crippen molar-refractivity contribution in [1.82, 2.24) is 4.98 Å². The minimum absolute atomic E-state index is 0.419. The Labute approximate surface area is 187 Å². The number of benzene rings is 2. The molecule has 1 aromatic heterocycles. The molecule has 1 fully saturated rings. The van der Waals surface area contributed by atoms with Gasteiger partial charge in [-0.2, -0.15) is 0 Å². The highest BCUT2D eigenvalue weighted by Gasteiger charge is 2.39. The number of aromatic nitrogens is 1. The van der Waals surface area contributed by atoms with Gasteiger partial charge < -0.3 is 9.15 Å². The second-order valence-electron chi connectivity index (χ2n) is 8.98. The Balaban J connectivity index is 1.76. The molecule has 1 atom stereocenters. The summed E-state index contributed by atoms with van der Waals surface area (Å²) in [6.45, 7) is 6.69. The number of oxazole rings is 1. The second kappa shape index (κ2) is 8.28. The van der Waals surface area contributed by atoms with Crippen LogP contribution in [0.4, 0.5) is 5.69 Å². The number of carbonyl (C=O) groups excluding carboxylic acids is 1. The van der Waals surface area contributed by atoms with E-state index in [1.54, 1.807) is 18.2 Å². The maximum atomic E-state index is 13.0. The number of fused-ring (bicyclic) bond motifs is 1. The Hall–Kier alpha value is -2.97. The summed E-state index contributed by atoms with van der Waals surface area (Å²) in [6, 6.07) is 12.2. The van der Waals surface area contributed by atoms with Gasteiger partial charge in [-0.3, -0.25) is 9.69 Å². The van der Waals surface area contributed by atoms with Crippen LogP contribution in [0.1, 0.15) is 45.5 Å². The van der Waals surface area contributed by atoms with Crippen molar-refractivity contribution < 1.29 is 13.9 Å². The second-order valence-corrected chi connectivity index (χ2v) is 9.38. The molecule has 0 spiro atoms. The van der Waals surface area contributed by atoms with Crippen molar-refractivity contribution in [3.63, 3.8) is 0 Å². The first-order valence-electron chi connectivity index (χ1n) is 10.4. The minimum Gasteiger partial charge on any atom is -0.492 e. The molecule has 1 amide bonds. The van der Waals surface area contributed by atoms with Gasteiger partial charge in [-0.05, 0) is 60.4 Å². The van der Waals surface area contributed by atoms with Gasteiger partial charge in [0.15, 0.2) is 5.58 Å². The summed E-state index contributed by atoms with van der Waals surface area (Å²) in [5, 5.41) is 0.429. The van der Waals surface area contributed by atoms with E-state index >= 15 is 0 Å². The third-order valence-corrected chi connectivity index (χ3v) is 5.63. The molecule has 1 aliphatic carbocycles. The normalized spacial score (nSPS) is 14.8. The smallest absolute Gasteiger partial charge is 0.303 e. The Morgan fingerprint density at radius 3 is 2.68 bits per heavy atom. The number of rotatable bonds is 6. The van der Waals surface area contributed by atoms with Crippen molar-refractivity contribution in [2.24, 2.45) is 11.3 Å². The van der Waals surface area contributed by atoms with Crippen molar-refractivity contribution >= 4 is 34.3 Å². The predicted molar refractivity (Wildman–Crippen MR) is 122 cm³/mol. The van der Waals surface area contributed by atoms with Gasteiger partial charge in [0.05, 0.1) is 11.6 Å². The first-order chi connectivity index (χ1) is 14.8. The molecular formula is C25H25ClN2O3. The van der Waals surface area contributed by atoms with Gasteiger partial charge in [-0.1, -0.05) is 44.5 Å². The van der Waals surface area contributed by atoms with E-state index in [2.05, 4.69) is 10.9 Å². The number of carbonyl (C=O) groups is 1. The third kappa shape index (κ3) is 4.55. The highest BCUT2D eigenvalue weighted by atomic mass is 35.5. The largest absolute Gasteiger partial charge is 0.492 e. The third-order valence-electron chi connectivity index (χ3n) is 5.33. The minimum atomic E-state index is -0.544. The topological polar surface area (TPSA) is 55.6 Å². The number of ether oxygens (including phenoxy) is 1. The quantitative estimate of drug-likeness (QED) is 0.443. The van der Waals surface area contributed by atoms with Crippen molar-refractivity contribution in [2.45, 2.75) is 39.7 Å². The first-order valence-corrected chi connectivity index (χ1v) is 10.7. The number of para-hydroxylation sites is 2. The van der Waals surface area contributed by atoms with Crippen molar-refractivity contribution in [1.29, 1.82) is 0 Å². The van der Waals surface area contributed by atoms with E-state index in [1.807, 2.05) is 45.0 Å². The molecule has 1 saturated carbocycles. The lowest BCUT2D eigenvalue weighted by atomic mass is 9.85. The van der Waals surface area contributed by atoms with Gasteiger partial charge in [0, 0.05) is 5.69 Å². The van der Waals surface area contributed by atoms with Gasteiger partial charge in [-0.25, -0.2) is 4.98 Å². The molecule has 0 radical (unpaired) electrons. The number of nitrogens with zero attached hydrogens (tertiary/aromatic N) is 2. The molecule has 1 heterocycles. The van der Waals surface area contributed by atoms with Gasteiger partial charge in [0.25, 0.3) is 0 Å². The fourth-order valence-corrected chi connectivity index (χ4v) is 3.81. The molecule has 0 saturated heterocycles. The molecular weight excluding hydrogens is 412 g/mol. The van der Waals surface area contributed by atoms with E-state index in [0.717, 1.165) is 5.52 Å². The molecule has 0 N–H and O–H groups in total. The fourth-order valence-electron chi connectivity index (χ4n) is 3.58. The summed E-state index contributed by atoms with van der Waals surface area (Å²) in [5.74, 6) is 3.38. The van der Waals surface area contributed by atoms with Crippen LogP contribution in [0, 0.1) is 23.7 Å². The van der Waals surface area contributed by atoms with Crippen molar-refractivity contribution in [3.05, 3.63) is 53.4 Å². The zero-order valence-corrected chi connectivity index (χ0v) is 18.6. The molecule has 31 heavy (non-hydrogen) atoms. The van der Waals surface area contributed by atoms with Gasteiger partial charge in [0.2, 0.25) is 5.89 Å². The zero-order chi connectivity index (χ0) is 22.2. The number of hydrogen-bond acceptors (Lipinski definition) is 4. The molecule has 2 aromatic carbocycles. The molecule has 6 heteroatoms. The van der Waals surface area contributed by atoms with E-state index < -0.39 is 17.4 Å². The molecule has 1 aliphatic rings. The fraction of sp³-hybridized carbons (Fsp3) is 0.360. The number of terminal acetylenes is 1. The Bertz CT molecular complexity index is 1120. The van der Waals surface area contributed by atoms with Crippen LogP contribution < -0.4 is 9.64 Å². The first kappa shape index (κ1) is 21.3. The average molecular weight is 437 g/mol. The summed E-state index contributed by atoms with van der Waals surface area (Å²) in [4.78, 5) is 19.1. The highest BCUT2D eigenvalue weighted by molar-refractivity contribution is 6.32. The zero-order valence-electron chi connectivity index (χ0n) is 17.9. The van der Waals surface area contributed by atoms with E-state index in [0.29, 0.717) is 40.5 Å². The average Bonchev–Trinajstić information content (AvgIpc) is 3.46. The number of hydrogen-bond donors (Lipinski definition) is 0. The summed E-state index contributed by atoms with van der Waals surface area (Å²) in [5.41, 5.74) is 1.51. The standard InChI is InChI=1S/C25H25ClN2O3/c1-5-22(29)28(17-12-13-20(18(26)14-17)30-15-16-10-11-16)23(25(2,3)4)24-27-19-8-6-7-9-21(19)31-24/h1,6-9,12-14,16,23H,10-11,15H2,2-4H3. The van der Waals surface area contributed by atoms with Crippen LogP contribution in [0.25, 0.3) is 11.1 Å². The van der Waals surface area contributed by atoms with Crippen LogP contribution in [-0.2, 0) is 4.79 Å². The van der Waals surface area contributed by atoms with E-state index in [9.17, 15) is 4.79 Å². The number of halogens is 1. The Morgan fingerprint density at radius 1 is 1.32 bits per heavy atom. The molecule has 160 valence electrons. The maximum absolute atomic E-state index is 13.0. The molecule has 0 bridgehead atoms. The number of amides is 1. The highest BCUT2D eigenvalue weighted by Crippen LogP contribution is 2.43. The summed E-state index contributed by atoms with van der Waals surface area (Å²) < 4.78 is 11.9. The van der Waals surface area contributed by atoms with Crippen LogP contribution in [0.2, 0.25) is 5.02 Å². The van der Waals surface area contributed by atoms with Crippen LogP contribution in [0.15, 0.2) is 46.9 Å². The Morgan fingerprint density at radius 2 is 2.06 bits per heavy atom. The van der Waals surface area contributed by atoms with Crippen molar-refractivity contribution in [2.75, 3.05) is 11.5 Å². The Kier molecular flexibility index (Phi) is 5.68. The molecule has 5 nitrogen and oxygen atoms in total. The van der Waals surface area contributed by atoms with Crippen LogP contribution in [0.3, 0.4) is 0 Å². The molecule has 4 rings (SSSR count). The van der Waals surface area contributed by atoms with E-state index in [-0.39, 0.29) is 0 Å². The SMILES string of the molecule is C#CC(=O)N(c1ccc(OCC2CC2)c(Cl)c1)C(c1nc2ccccc2o1)C(C)(C)C.